The van der Waals surface area contributed by atoms with E-state index in [1.54, 1.807) is 0 Å². The van der Waals surface area contributed by atoms with Crippen LogP contribution in [0.25, 0.3) is 17.2 Å². The summed E-state index contributed by atoms with van der Waals surface area (Å²) in [6.07, 6.45) is 14.7. The van der Waals surface area contributed by atoms with Crippen LogP contribution in [0.3, 0.4) is 0 Å². The number of dihydropyridines is 1. The number of rotatable bonds is 4. The molecule has 0 bridgehead atoms. The Bertz CT molecular complexity index is 1110. The van der Waals surface area contributed by atoms with Crippen molar-refractivity contribution in [2.24, 2.45) is 0 Å². The number of fused-ring (bicyclic) bond motifs is 3. The summed E-state index contributed by atoms with van der Waals surface area (Å²) in [5, 5.41) is 3.66. The van der Waals surface area contributed by atoms with E-state index in [0.717, 1.165) is 17.1 Å². The Labute approximate surface area is 173 Å². The Morgan fingerprint density at radius 2 is 1.93 bits per heavy atom. The summed E-state index contributed by atoms with van der Waals surface area (Å²) in [4.78, 5) is 4.97. The number of allylic oxidation sites excluding steroid dienone is 8. The molecule has 0 amide bonds. The van der Waals surface area contributed by atoms with Crippen LogP contribution in [-0.4, -0.2) is 4.98 Å². The molecule has 2 nitrogen and oxygen atoms in total. The molecule has 2 heterocycles. The number of benzene rings is 1. The number of hydrogen-bond acceptors (Lipinski definition) is 2. The first-order valence-corrected chi connectivity index (χ1v) is 10.0. The molecule has 0 spiro atoms. The third kappa shape index (κ3) is 3.54. The second-order valence-corrected chi connectivity index (χ2v) is 7.42. The topological polar surface area (TPSA) is 24.9 Å². The van der Waals surface area contributed by atoms with Gasteiger partial charge in [-0.1, -0.05) is 73.4 Å². The van der Waals surface area contributed by atoms with Crippen molar-refractivity contribution in [1.29, 1.82) is 0 Å². The highest BCUT2D eigenvalue weighted by molar-refractivity contribution is 5.87. The fraction of sp³-hybridized carbons (Fsp3) is 0.148. The monoisotopic (exact) mass is 378 g/mol. The number of nitrogens with one attached hydrogen (secondary N) is 1. The molecule has 29 heavy (non-hydrogen) atoms. The van der Waals surface area contributed by atoms with Crippen molar-refractivity contribution >= 4 is 17.2 Å². The summed E-state index contributed by atoms with van der Waals surface area (Å²) in [7, 11) is 0. The van der Waals surface area contributed by atoms with Crippen LogP contribution in [0.2, 0.25) is 0 Å². The molecule has 2 aliphatic rings. The van der Waals surface area contributed by atoms with Crippen molar-refractivity contribution in [1.82, 2.24) is 10.3 Å². The van der Waals surface area contributed by atoms with Gasteiger partial charge in [0, 0.05) is 17.0 Å². The van der Waals surface area contributed by atoms with Gasteiger partial charge in [0.25, 0.3) is 0 Å². The number of aromatic nitrogens is 1. The second kappa shape index (κ2) is 7.92. The molecule has 1 N–H and O–H groups in total. The summed E-state index contributed by atoms with van der Waals surface area (Å²) in [5.41, 5.74) is 10.6. The summed E-state index contributed by atoms with van der Waals surface area (Å²) < 4.78 is 0. The third-order valence-electron chi connectivity index (χ3n) is 5.39. The molecule has 4 rings (SSSR count). The standard InChI is InChI=1S/C27H26N2/c1-5-7-11-20(6-2)24-16-18(3)28-26-22(24)14-15-23-25(17-19(4)29-27(23)26)21-12-9-8-10-13-21/h5-17,27,29H,1H2,2-4H3/b11-7-,20-6+. The van der Waals surface area contributed by atoms with E-state index in [2.05, 4.69) is 99.4 Å². The molecule has 2 heteroatoms. The number of hydrogen-bond donors (Lipinski definition) is 1. The summed E-state index contributed by atoms with van der Waals surface area (Å²) in [6.45, 7) is 10.1. The summed E-state index contributed by atoms with van der Waals surface area (Å²) in [5.74, 6) is 0. The Kier molecular flexibility index (Phi) is 5.18. The van der Waals surface area contributed by atoms with Crippen LogP contribution in [0.15, 0.2) is 90.7 Å². The van der Waals surface area contributed by atoms with Crippen LogP contribution in [0.4, 0.5) is 0 Å². The van der Waals surface area contributed by atoms with E-state index in [0.29, 0.717) is 0 Å². The predicted molar refractivity (Wildman–Crippen MR) is 124 cm³/mol. The van der Waals surface area contributed by atoms with Gasteiger partial charge in [-0.3, -0.25) is 4.98 Å². The summed E-state index contributed by atoms with van der Waals surface area (Å²) in [6, 6.07) is 12.8. The van der Waals surface area contributed by atoms with Crippen molar-refractivity contribution < 1.29 is 0 Å². The molecule has 1 aliphatic carbocycles. The van der Waals surface area contributed by atoms with Crippen LogP contribution in [0.1, 0.15) is 48.0 Å². The molecule has 0 saturated carbocycles. The molecule has 1 atom stereocenters. The molecule has 0 radical (unpaired) electrons. The van der Waals surface area contributed by atoms with Gasteiger partial charge in [-0.05, 0) is 60.8 Å². The average Bonchev–Trinajstić information content (AvgIpc) is 2.74. The molecule has 0 saturated heterocycles. The normalized spacial score (nSPS) is 18.2. The lowest BCUT2D eigenvalue weighted by Crippen LogP contribution is -2.28. The zero-order chi connectivity index (χ0) is 20.4. The minimum atomic E-state index is 0.0512. The maximum atomic E-state index is 4.97. The Morgan fingerprint density at radius 1 is 1.14 bits per heavy atom. The molecular formula is C27H26N2. The highest BCUT2D eigenvalue weighted by atomic mass is 15.0. The molecule has 2 aromatic rings. The van der Waals surface area contributed by atoms with Crippen LogP contribution in [0, 0.1) is 6.92 Å². The fourth-order valence-electron chi connectivity index (χ4n) is 4.10. The van der Waals surface area contributed by atoms with E-state index in [4.69, 9.17) is 4.98 Å². The lowest BCUT2D eigenvalue weighted by Gasteiger charge is -2.32. The molecule has 1 unspecified atom stereocenters. The second-order valence-electron chi connectivity index (χ2n) is 7.42. The Hall–Kier alpha value is -3.39. The smallest absolute Gasteiger partial charge is 0.0950 e. The van der Waals surface area contributed by atoms with E-state index >= 15 is 0 Å². The average molecular weight is 379 g/mol. The van der Waals surface area contributed by atoms with Crippen LogP contribution >= 0.6 is 0 Å². The van der Waals surface area contributed by atoms with Gasteiger partial charge >= 0.3 is 0 Å². The van der Waals surface area contributed by atoms with Gasteiger partial charge in [0.05, 0.1) is 11.7 Å². The third-order valence-corrected chi connectivity index (χ3v) is 5.39. The number of aryl methyl sites for hydroxylation is 1. The lowest BCUT2D eigenvalue weighted by atomic mass is 9.82. The Balaban J connectivity index is 1.91. The molecule has 0 fully saturated rings. The van der Waals surface area contributed by atoms with Gasteiger partial charge in [-0.25, -0.2) is 0 Å². The first-order valence-electron chi connectivity index (χ1n) is 10.0. The highest BCUT2D eigenvalue weighted by Crippen LogP contribution is 2.41. The maximum absolute atomic E-state index is 4.97. The zero-order valence-electron chi connectivity index (χ0n) is 17.2. The minimum Gasteiger partial charge on any atom is -0.376 e. The predicted octanol–water partition coefficient (Wildman–Crippen LogP) is 6.56. The minimum absolute atomic E-state index is 0.0512. The number of pyridine rings is 1. The van der Waals surface area contributed by atoms with E-state index in [1.165, 1.54) is 33.4 Å². The van der Waals surface area contributed by atoms with Crippen molar-refractivity contribution in [3.8, 4) is 0 Å². The van der Waals surface area contributed by atoms with Crippen LogP contribution in [-0.2, 0) is 0 Å². The molecule has 1 aliphatic heterocycles. The van der Waals surface area contributed by atoms with Gasteiger partial charge in [0.1, 0.15) is 0 Å². The maximum Gasteiger partial charge on any atom is 0.0950 e. The molecule has 144 valence electrons. The fourth-order valence-corrected chi connectivity index (χ4v) is 4.10. The number of nitrogens with zero attached hydrogens (tertiary/aromatic N) is 1. The highest BCUT2D eigenvalue weighted by Gasteiger charge is 2.29. The van der Waals surface area contributed by atoms with Crippen LogP contribution in [0.5, 0.6) is 0 Å². The van der Waals surface area contributed by atoms with E-state index in [1.807, 2.05) is 12.2 Å². The molecule has 1 aromatic carbocycles. The quantitative estimate of drug-likeness (QED) is 0.609. The van der Waals surface area contributed by atoms with Crippen molar-refractivity contribution in [3.05, 3.63) is 119 Å². The van der Waals surface area contributed by atoms with E-state index in [9.17, 15) is 0 Å². The first-order chi connectivity index (χ1) is 14.1. The van der Waals surface area contributed by atoms with Crippen molar-refractivity contribution in [2.45, 2.75) is 26.8 Å². The first kappa shape index (κ1) is 18.9. The van der Waals surface area contributed by atoms with Gasteiger partial charge in [0.15, 0.2) is 0 Å². The van der Waals surface area contributed by atoms with Gasteiger partial charge in [0.2, 0.25) is 0 Å². The molecular weight excluding hydrogens is 352 g/mol. The van der Waals surface area contributed by atoms with Gasteiger partial charge in [-0.15, -0.1) is 0 Å². The lowest BCUT2D eigenvalue weighted by molar-refractivity contribution is 0.657. The van der Waals surface area contributed by atoms with Gasteiger partial charge < -0.3 is 5.32 Å². The Morgan fingerprint density at radius 3 is 2.66 bits per heavy atom. The largest absolute Gasteiger partial charge is 0.376 e. The van der Waals surface area contributed by atoms with Crippen molar-refractivity contribution in [2.75, 3.05) is 0 Å². The zero-order valence-corrected chi connectivity index (χ0v) is 17.2. The molecule has 1 aromatic heterocycles. The van der Waals surface area contributed by atoms with Crippen molar-refractivity contribution in [3.63, 3.8) is 0 Å². The van der Waals surface area contributed by atoms with E-state index < -0.39 is 0 Å². The SMILES string of the molecule is C=C/C=C\C(=C/C)c1cc(C)nc2c1C=CC1=C(c3ccccc3)C=C(C)NC12. The van der Waals surface area contributed by atoms with Crippen LogP contribution < -0.4 is 5.32 Å². The van der Waals surface area contributed by atoms with Gasteiger partial charge in [-0.2, -0.15) is 0 Å². The summed E-state index contributed by atoms with van der Waals surface area (Å²) >= 11 is 0. The van der Waals surface area contributed by atoms with E-state index in [-0.39, 0.29) is 6.04 Å².